The van der Waals surface area contributed by atoms with Gasteiger partial charge in [-0.25, -0.2) is 9.37 Å². The molecule has 0 spiro atoms. The number of aryl methyl sites for hydroxylation is 1. The van der Waals surface area contributed by atoms with Gasteiger partial charge in [-0.15, -0.1) is 0 Å². The lowest BCUT2D eigenvalue weighted by Gasteiger charge is -2.34. The number of rotatable bonds is 7. The fourth-order valence-electron chi connectivity index (χ4n) is 7.29. The number of aromatic nitrogens is 3. The van der Waals surface area contributed by atoms with Gasteiger partial charge in [-0.3, -0.25) is 4.90 Å². The van der Waals surface area contributed by atoms with Crippen molar-refractivity contribution in [2.75, 3.05) is 44.2 Å². The van der Waals surface area contributed by atoms with Crippen LogP contribution in [0.2, 0.25) is 0 Å². The highest BCUT2D eigenvalue weighted by molar-refractivity contribution is 5.99. The number of benzene rings is 2. The van der Waals surface area contributed by atoms with E-state index in [2.05, 4.69) is 70.6 Å². The van der Waals surface area contributed by atoms with Crippen LogP contribution in [0, 0.1) is 12.3 Å². The van der Waals surface area contributed by atoms with Gasteiger partial charge in [0.1, 0.15) is 12.0 Å². The Morgan fingerprint density at radius 3 is 2.51 bits per heavy atom. The topological polar surface area (TPSA) is 66.4 Å². The smallest absolute Gasteiger partial charge is 0.320 e. The van der Waals surface area contributed by atoms with Gasteiger partial charge < -0.3 is 15.0 Å². The van der Waals surface area contributed by atoms with Gasteiger partial charge in [0.05, 0.1) is 17.7 Å². The van der Waals surface area contributed by atoms with Crippen LogP contribution in [0.15, 0.2) is 48.5 Å². The molecule has 1 aliphatic carbocycles. The first-order valence-electron chi connectivity index (χ1n) is 15.2. The standard InChI is InChI=1S/C33H37FN6O/c1-21-4-2-5-22-6-3-7-26(29(21)22)28-11-10-27-30(36-28)37-32(38-31(27)40-17-24-8-9-25(18-40)35-24)41-20-33(13-14-33)19-39-15-12-23(34)16-39/h2-7,10-11,23-25,35H,8-9,12-20H2,1H3/t23-,24?,25?/m1/s1. The number of hydrogen-bond donors (Lipinski definition) is 1. The molecular formula is C33H37FN6O. The summed E-state index contributed by atoms with van der Waals surface area (Å²) in [5.74, 6) is 0.918. The molecule has 41 heavy (non-hydrogen) atoms. The minimum atomic E-state index is -0.696. The van der Waals surface area contributed by atoms with Crippen LogP contribution in [0.5, 0.6) is 6.01 Å². The van der Waals surface area contributed by atoms with E-state index < -0.39 is 6.17 Å². The average molecular weight is 553 g/mol. The Bertz CT molecular complexity index is 1610. The summed E-state index contributed by atoms with van der Waals surface area (Å²) in [5, 5.41) is 7.13. The first-order valence-corrected chi connectivity index (χ1v) is 15.2. The van der Waals surface area contributed by atoms with E-state index in [1.54, 1.807) is 0 Å². The lowest BCUT2D eigenvalue weighted by Crippen LogP contribution is -2.51. The number of piperazine rings is 1. The van der Waals surface area contributed by atoms with Crippen LogP contribution in [0.4, 0.5) is 10.2 Å². The highest BCUT2D eigenvalue weighted by Crippen LogP contribution is 2.47. The van der Waals surface area contributed by atoms with Gasteiger partial charge in [-0.1, -0.05) is 36.4 Å². The van der Waals surface area contributed by atoms with Crippen molar-refractivity contribution in [2.45, 2.75) is 57.3 Å². The number of pyridine rings is 1. The Hall–Kier alpha value is -3.36. The summed E-state index contributed by atoms with van der Waals surface area (Å²) in [6.07, 6.45) is 4.56. The number of alkyl halides is 1. The van der Waals surface area contributed by atoms with E-state index in [-0.39, 0.29) is 5.41 Å². The largest absolute Gasteiger partial charge is 0.463 e. The zero-order chi connectivity index (χ0) is 27.6. The van der Waals surface area contributed by atoms with Crippen LogP contribution >= 0.6 is 0 Å². The maximum absolute atomic E-state index is 13.8. The molecule has 3 atom stereocenters. The molecule has 0 radical (unpaired) electrons. The van der Waals surface area contributed by atoms with Crippen molar-refractivity contribution < 1.29 is 9.13 Å². The molecular weight excluding hydrogens is 515 g/mol. The monoisotopic (exact) mass is 552 g/mol. The fourth-order valence-corrected chi connectivity index (χ4v) is 7.29. The minimum absolute atomic E-state index is 0.0758. The predicted octanol–water partition coefficient (Wildman–Crippen LogP) is 5.30. The van der Waals surface area contributed by atoms with E-state index in [1.807, 2.05) is 0 Å². The van der Waals surface area contributed by atoms with E-state index in [4.69, 9.17) is 19.7 Å². The molecule has 3 aliphatic heterocycles. The van der Waals surface area contributed by atoms with Crippen LogP contribution in [0.1, 0.15) is 37.7 Å². The Morgan fingerprint density at radius 2 is 1.76 bits per heavy atom. The average Bonchev–Trinajstić information content (AvgIpc) is 3.50. The SMILES string of the molecule is Cc1cccc2cccc(-c3ccc4c(N5CC6CCC(C5)N6)nc(OCC5(CN6CC[C@@H](F)C6)CC5)nc4n3)c12. The zero-order valence-corrected chi connectivity index (χ0v) is 23.7. The number of anilines is 1. The third-order valence-corrected chi connectivity index (χ3v) is 9.66. The number of ether oxygens (including phenoxy) is 1. The van der Waals surface area contributed by atoms with Gasteiger partial charge in [-0.2, -0.15) is 9.97 Å². The lowest BCUT2D eigenvalue weighted by atomic mass is 9.97. The molecule has 1 N–H and O–H groups in total. The molecule has 0 amide bonds. The van der Waals surface area contributed by atoms with Crippen molar-refractivity contribution in [1.82, 2.24) is 25.2 Å². The Balaban J connectivity index is 1.16. The molecule has 2 unspecified atom stereocenters. The molecule has 2 aromatic carbocycles. The second kappa shape index (κ2) is 9.88. The first kappa shape index (κ1) is 25.4. The highest BCUT2D eigenvalue weighted by Gasteiger charge is 2.46. The summed E-state index contributed by atoms with van der Waals surface area (Å²) in [6.45, 7) is 6.83. The summed E-state index contributed by atoms with van der Waals surface area (Å²) >= 11 is 0. The second-order valence-electron chi connectivity index (χ2n) is 12.8. The molecule has 8 rings (SSSR count). The molecule has 2 aromatic heterocycles. The van der Waals surface area contributed by atoms with Gasteiger partial charge in [0, 0.05) is 55.8 Å². The molecule has 212 valence electrons. The van der Waals surface area contributed by atoms with Crippen molar-refractivity contribution in [3.8, 4) is 17.3 Å². The minimum Gasteiger partial charge on any atom is -0.463 e. The molecule has 3 saturated heterocycles. The number of halogens is 1. The summed E-state index contributed by atoms with van der Waals surface area (Å²) in [4.78, 5) is 19.7. The van der Waals surface area contributed by atoms with Crippen molar-refractivity contribution in [1.29, 1.82) is 0 Å². The number of nitrogens with one attached hydrogen (secondary N) is 1. The number of likely N-dealkylation sites (tertiary alicyclic amines) is 1. The number of hydrogen-bond acceptors (Lipinski definition) is 7. The van der Waals surface area contributed by atoms with Gasteiger partial charge >= 0.3 is 6.01 Å². The summed E-state index contributed by atoms with van der Waals surface area (Å²) in [5.41, 5.74) is 3.99. The van der Waals surface area contributed by atoms with Gasteiger partial charge in [-0.05, 0) is 67.5 Å². The predicted molar refractivity (Wildman–Crippen MR) is 160 cm³/mol. The normalized spacial score (nSPS) is 25.3. The number of nitrogens with zero attached hydrogens (tertiary/aromatic N) is 5. The zero-order valence-electron chi connectivity index (χ0n) is 23.7. The molecule has 4 aromatic rings. The van der Waals surface area contributed by atoms with E-state index in [1.165, 1.54) is 29.2 Å². The third kappa shape index (κ3) is 4.81. The quantitative estimate of drug-likeness (QED) is 0.334. The van der Waals surface area contributed by atoms with Crippen molar-refractivity contribution in [2.24, 2.45) is 5.41 Å². The molecule has 2 bridgehead atoms. The van der Waals surface area contributed by atoms with Gasteiger partial charge in [0.2, 0.25) is 0 Å². The Morgan fingerprint density at radius 1 is 0.951 bits per heavy atom. The Labute approximate surface area is 240 Å². The molecule has 5 heterocycles. The van der Waals surface area contributed by atoms with Crippen LogP contribution in [0.25, 0.3) is 33.1 Å². The van der Waals surface area contributed by atoms with Crippen molar-refractivity contribution in [3.05, 3.63) is 54.1 Å². The lowest BCUT2D eigenvalue weighted by molar-refractivity contribution is 0.165. The van der Waals surface area contributed by atoms with E-state index >= 15 is 0 Å². The van der Waals surface area contributed by atoms with Crippen LogP contribution < -0.4 is 15.0 Å². The van der Waals surface area contributed by atoms with Gasteiger partial charge in [0.15, 0.2) is 5.65 Å². The second-order valence-corrected chi connectivity index (χ2v) is 12.8. The maximum atomic E-state index is 13.8. The molecule has 8 heteroatoms. The molecule has 4 fully saturated rings. The van der Waals surface area contributed by atoms with Crippen LogP contribution in [0.3, 0.4) is 0 Å². The highest BCUT2D eigenvalue weighted by atomic mass is 19.1. The van der Waals surface area contributed by atoms with E-state index in [0.717, 1.165) is 61.5 Å². The Kier molecular flexibility index (Phi) is 6.11. The van der Waals surface area contributed by atoms with Crippen LogP contribution in [-0.4, -0.2) is 77.4 Å². The summed E-state index contributed by atoms with van der Waals surface area (Å²) in [6, 6.07) is 18.4. The van der Waals surface area contributed by atoms with Gasteiger partial charge in [0.25, 0.3) is 0 Å². The molecule has 4 aliphatic rings. The summed E-state index contributed by atoms with van der Waals surface area (Å²) < 4.78 is 20.2. The fraction of sp³-hybridized carbons (Fsp3) is 0.485. The number of fused-ring (bicyclic) bond motifs is 4. The summed E-state index contributed by atoms with van der Waals surface area (Å²) in [7, 11) is 0. The van der Waals surface area contributed by atoms with E-state index in [9.17, 15) is 4.39 Å². The van der Waals surface area contributed by atoms with Crippen molar-refractivity contribution >= 4 is 27.6 Å². The third-order valence-electron chi connectivity index (χ3n) is 9.66. The molecule has 1 saturated carbocycles. The maximum Gasteiger partial charge on any atom is 0.320 e. The van der Waals surface area contributed by atoms with Crippen LogP contribution in [-0.2, 0) is 0 Å². The van der Waals surface area contributed by atoms with E-state index in [0.29, 0.717) is 43.3 Å². The van der Waals surface area contributed by atoms with Crippen molar-refractivity contribution in [3.63, 3.8) is 0 Å². The molecule has 7 nitrogen and oxygen atoms in total. The first-order chi connectivity index (χ1) is 20.0.